The number of aryl methyl sites for hydroxylation is 1. The van der Waals surface area contributed by atoms with Crippen molar-refractivity contribution < 1.29 is 27.7 Å². The molecule has 0 aliphatic heterocycles. The molecule has 2 aromatic rings. The molecule has 2 rings (SSSR count). The first-order valence-electron chi connectivity index (χ1n) is 8.85. The molecule has 2 amide bonds. The van der Waals surface area contributed by atoms with Crippen LogP contribution in [0.3, 0.4) is 0 Å². The second-order valence-corrected chi connectivity index (χ2v) is 6.50. The zero-order valence-corrected chi connectivity index (χ0v) is 15.7. The molecule has 3 N–H and O–H groups in total. The zero-order valence-electron chi connectivity index (χ0n) is 15.7. The summed E-state index contributed by atoms with van der Waals surface area (Å²) in [5.74, 6) is -0.719. The summed E-state index contributed by atoms with van der Waals surface area (Å²) in [7, 11) is 1.66. The third-order valence-corrected chi connectivity index (χ3v) is 4.07. The lowest BCUT2D eigenvalue weighted by Crippen LogP contribution is -3.11. The molecule has 0 saturated heterocycles. The van der Waals surface area contributed by atoms with Crippen LogP contribution in [0.2, 0.25) is 0 Å². The summed E-state index contributed by atoms with van der Waals surface area (Å²) in [5.41, 5.74) is 0.973. The number of likely N-dealkylation sites (N-methyl/N-ethyl adjacent to an activating group) is 1. The number of nitrogens with one attached hydrogen (secondary N) is 3. The van der Waals surface area contributed by atoms with Gasteiger partial charge in [0.2, 0.25) is 0 Å². The molecule has 0 bridgehead atoms. The summed E-state index contributed by atoms with van der Waals surface area (Å²) >= 11 is 0. The van der Waals surface area contributed by atoms with Crippen LogP contribution in [0, 0.1) is 0 Å². The van der Waals surface area contributed by atoms with E-state index >= 15 is 0 Å². The Morgan fingerprint density at radius 3 is 2.25 bits per heavy atom. The van der Waals surface area contributed by atoms with Gasteiger partial charge in [-0.3, -0.25) is 9.59 Å². The standard InChI is InChI=1S/C20H22F3N3O2/c1-3-14-7-4-5-10-17(14)25-19(28)13-26(2)12-18(27)24-16-9-6-8-15(11-16)20(21,22)23/h4-11H,3,12-13H2,1-2H3,(H,24,27)(H,25,28)/p+1. The van der Waals surface area contributed by atoms with Crippen molar-refractivity contribution in [1.82, 2.24) is 0 Å². The maximum Gasteiger partial charge on any atom is 0.416 e. The number of amides is 2. The van der Waals surface area contributed by atoms with E-state index in [0.29, 0.717) is 4.90 Å². The van der Waals surface area contributed by atoms with Gasteiger partial charge in [0.25, 0.3) is 11.8 Å². The molecule has 150 valence electrons. The Labute approximate surface area is 161 Å². The van der Waals surface area contributed by atoms with Crippen molar-refractivity contribution in [2.75, 3.05) is 30.8 Å². The Hall–Kier alpha value is -2.87. The number of hydrogen-bond acceptors (Lipinski definition) is 2. The van der Waals surface area contributed by atoms with Crippen molar-refractivity contribution in [3.8, 4) is 0 Å². The number of benzene rings is 2. The number of carbonyl (C=O) groups is 2. The fraction of sp³-hybridized carbons (Fsp3) is 0.300. The molecule has 0 aliphatic rings. The Morgan fingerprint density at radius 1 is 0.964 bits per heavy atom. The van der Waals surface area contributed by atoms with E-state index in [-0.39, 0.29) is 24.7 Å². The van der Waals surface area contributed by atoms with Crippen molar-refractivity contribution >= 4 is 23.2 Å². The Kier molecular flexibility index (Phi) is 7.17. The number of para-hydroxylation sites is 1. The van der Waals surface area contributed by atoms with E-state index in [9.17, 15) is 22.8 Å². The third-order valence-electron chi connectivity index (χ3n) is 4.07. The van der Waals surface area contributed by atoms with Crippen LogP contribution in [0.15, 0.2) is 48.5 Å². The van der Waals surface area contributed by atoms with Crippen LogP contribution >= 0.6 is 0 Å². The molecular formula is C20H23F3N3O2+. The highest BCUT2D eigenvalue weighted by atomic mass is 19.4. The van der Waals surface area contributed by atoms with Gasteiger partial charge in [-0.15, -0.1) is 0 Å². The number of anilines is 2. The highest BCUT2D eigenvalue weighted by Crippen LogP contribution is 2.30. The van der Waals surface area contributed by atoms with E-state index in [1.54, 1.807) is 7.05 Å². The first-order valence-corrected chi connectivity index (χ1v) is 8.85. The van der Waals surface area contributed by atoms with Gasteiger partial charge in [-0.25, -0.2) is 0 Å². The maximum absolute atomic E-state index is 12.7. The van der Waals surface area contributed by atoms with Gasteiger partial charge in [0.05, 0.1) is 12.6 Å². The number of alkyl halides is 3. The fourth-order valence-electron chi connectivity index (χ4n) is 2.73. The molecule has 8 heteroatoms. The lowest BCUT2D eigenvalue weighted by Gasteiger charge is -2.15. The fourth-order valence-corrected chi connectivity index (χ4v) is 2.73. The summed E-state index contributed by atoms with van der Waals surface area (Å²) < 4.78 is 38.2. The van der Waals surface area contributed by atoms with Crippen LogP contribution in [0.4, 0.5) is 24.5 Å². The van der Waals surface area contributed by atoms with E-state index in [1.165, 1.54) is 12.1 Å². The van der Waals surface area contributed by atoms with Gasteiger partial charge in [-0.2, -0.15) is 13.2 Å². The van der Waals surface area contributed by atoms with Crippen LogP contribution < -0.4 is 15.5 Å². The lowest BCUT2D eigenvalue weighted by atomic mass is 10.1. The van der Waals surface area contributed by atoms with Gasteiger partial charge in [0.1, 0.15) is 0 Å². The first-order chi connectivity index (χ1) is 13.2. The van der Waals surface area contributed by atoms with E-state index in [2.05, 4.69) is 10.6 Å². The predicted molar refractivity (Wildman–Crippen MR) is 101 cm³/mol. The van der Waals surface area contributed by atoms with Gasteiger partial charge in [-0.1, -0.05) is 31.2 Å². The van der Waals surface area contributed by atoms with Crippen molar-refractivity contribution in [1.29, 1.82) is 0 Å². The minimum absolute atomic E-state index is 0.0497. The molecule has 0 aliphatic carbocycles. The number of rotatable bonds is 7. The van der Waals surface area contributed by atoms with Gasteiger partial charge in [0.15, 0.2) is 13.1 Å². The van der Waals surface area contributed by atoms with E-state index in [0.717, 1.165) is 29.8 Å². The van der Waals surface area contributed by atoms with Crippen LogP contribution in [0.5, 0.6) is 0 Å². The highest BCUT2D eigenvalue weighted by molar-refractivity contribution is 5.93. The van der Waals surface area contributed by atoms with Crippen molar-refractivity contribution in [3.63, 3.8) is 0 Å². The third kappa shape index (κ3) is 6.38. The Morgan fingerprint density at radius 2 is 1.61 bits per heavy atom. The minimum atomic E-state index is -4.48. The van der Waals surface area contributed by atoms with E-state index < -0.39 is 17.6 Å². The Bertz CT molecular complexity index is 837. The average Bonchev–Trinajstić information content (AvgIpc) is 2.61. The molecule has 0 fully saturated rings. The van der Waals surface area contributed by atoms with Gasteiger partial charge < -0.3 is 15.5 Å². The predicted octanol–water partition coefficient (Wildman–Crippen LogP) is 2.36. The largest absolute Gasteiger partial charge is 0.416 e. The molecule has 0 heterocycles. The monoisotopic (exact) mass is 394 g/mol. The van der Waals surface area contributed by atoms with Crippen LogP contribution in [-0.4, -0.2) is 32.0 Å². The lowest BCUT2D eigenvalue weighted by molar-refractivity contribution is -0.862. The van der Waals surface area contributed by atoms with Crippen LogP contribution in [0.25, 0.3) is 0 Å². The van der Waals surface area contributed by atoms with Gasteiger partial charge in [-0.05, 0) is 36.2 Å². The highest BCUT2D eigenvalue weighted by Gasteiger charge is 2.30. The molecule has 0 aromatic heterocycles. The number of carbonyl (C=O) groups excluding carboxylic acids is 2. The molecule has 0 saturated carbocycles. The molecule has 28 heavy (non-hydrogen) atoms. The summed E-state index contributed by atoms with van der Waals surface area (Å²) in [4.78, 5) is 24.9. The second kappa shape index (κ2) is 9.36. The Balaban J connectivity index is 1.88. The number of hydrogen-bond donors (Lipinski definition) is 3. The SMILES string of the molecule is CCc1ccccc1NC(=O)C[NH+](C)CC(=O)Nc1cccc(C(F)(F)F)c1. The number of quaternary nitrogens is 1. The first kappa shape index (κ1) is 21.4. The van der Waals surface area contributed by atoms with Gasteiger partial charge >= 0.3 is 6.18 Å². The second-order valence-electron chi connectivity index (χ2n) is 6.50. The van der Waals surface area contributed by atoms with Crippen molar-refractivity contribution in [2.45, 2.75) is 19.5 Å². The minimum Gasteiger partial charge on any atom is -0.322 e. The molecular weight excluding hydrogens is 371 g/mol. The number of halogens is 3. The summed E-state index contributed by atoms with van der Waals surface area (Å²) in [6, 6.07) is 11.9. The molecule has 0 radical (unpaired) electrons. The van der Waals surface area contributed by atoms with Crippen LogP contribution in [0.1, 0.15) is 18.1 Å². The van der Waals surface area contributed by atoms with Gasteiger partial charge in [0, 0.05) is 11.4 Å². The zero-order chi connectivity index (χ0) is 20.7. The molecule has 5 nitrogen and oxygen atoms in total. The molecule has 1 unspecified atom stereocenters. The summed E-state index contributed by atoms with van der Waals surface area (Å²) in [5, 5.41) is 5.26. The molecule has 2 aromatic carbocycles. The average molecular weight is 394 g/mol. The molecule has 0 spiro atoms. The van der Waals surface area contributed by atoms with Crippen molar-refractivity contribution in [2.24, 2.45) is 0 Å². The van der Waals surface area contributed by atoms with Crippen LogP contribution in [-0.2, 0) is 22.2 Å². The summed E-state index contributed by atoms with van der Waals surface area (Å²) in [6.45, 7) is 1.98. The molecule has 1 atom stereocenters. The quantitative estimate of drug-likeness (QED) is 0.675. The summed E-state index contributed by atoms with van der Waals surface area (Å²) in [6.07, 6.45) is -3.70. The normalized spacial score (nSPS) is 12.3. The topological polar surface area (TPSA) is 62.6 Å². The van der Waals surface area contributed by atoms with E-state index in [4.69, 9.17) is 0 Å². The smallest absolute Gasteiger partial charge is 0.322 e. The maximum atomic E-state index is 12.7. The van der Waals surface area contributed by atoms with Crippen molar-refractivity contribution in [3.05, 3.63) is 59.7 Å². The van der Waals surface area contributed by atoms with E-state index in [1.807, 2.05) is 31.2 Å².